The van der Waals surface area contributed by atoms with E-state index in [0.29, 0.717) is 13.0 Å². The summed E-state index contributed by atoms with van der Waals surface area (Å²) in [6.45, 7) is 1.49. The molecule has 2 nitrogen and oxygen atoms in total. The van der Waals surface area contributed by atoms with E-state index in [-0.39, 0.29) is 5.78 Å². The van der Waals surface area contributed by atoms with Gasteiger partial charge in [-0.25, -0.2) is 0 Å². The van der Waals surface area contributed by atoms with E-state index >= 15 is 0 Å². The Morgan fingerprint density at radius 2 is 2.33 bits per heavy atom. The van der Waals surface area contributed by atoms with Crippen molar-refractivity contribution in [3.05, 3.63) is 21.3 Å². The quantitative estimate of drug-likeness (QED) is 0.832. The zero-order valence-electron chi connectivity index (χ0n) is 8.46. The second-order valence-corrected chi connectivity index (χ2v) is 5.80. The summed E-state index contributed by atoms with van der Waals surface area (Å²) in [6.07, 6.45) is 3.15. The van der Waals surface area contributed by atoms with Gasteiger partial charge in [0.2, 0.25) is 0 Å². The van der Waals surface area contributed by atoms with Crippen LogP contribution in [-0.2, 0) is 11.2 Å². The van der Waals surface area contributed by atoms with E-state index in [1.54, 1.807) is 0 Å². The van der Waals surface area contributed by atoms with Crippen LogP contribution in [0.1, 0.15) is 17.7 Å². The lowest BCUT2D eigenvalue weighted by atomic mass is 10.2. The lowest BCUT2D eigenvalue weighted by Crippen LogP contribution is -2.25. The number of hydrogen-bond donors (Lipinski definition) is 1. The SMILES string of the molecule is O=C(CNCC1CC1)Cc1ccc(Cl)s1. The minimum atomic E-state index is 0.245. The molecule has 0 bridgehead atoms. The van der Waals surface area contributed by atoms with Crippen LogP contribution >= 0.6 is 22.9 Å². The Morgan fingerprint density at radius 3 is 2.93 bits per heavy atom. The largest absolute Gasteiger partial charge is 0.310 e. The third-order valence-electron chi connectivity index (χ3n) is 2.45. The minimum absolute atomic E-state index is 0.245. The predicted octanol–water partition coefficient (Wildman–Crippen LogP) is 2.51. The van der Waals surface area contributed by atoms with Crippen LogP contribution in [0.15, 0.2) is 12.1 Å². The topological polar surface area (TPSA) is 29.1 Å². The number of halogens is 1. The third kappa shape index (κ3) is 3.93. The standard InChI is InChI=1S/C11H14ClNOS/c12-11-4-3-10(15-11)5-9(14)7-13-6-8-1-2-8/h3-4,8,13H,1-2,5-7H2. The number of ketones is 1. The van der Waals surface area contributed by atoms with E-state index < -0.39 is 0 Å². The molecule has 1 aromatic heterocycles. The maximum atomic E-state index is 11.5. The van der Waals surface area contributed by atoms with Gasteiger partial charge >= 0.3 is 0 Å². The van der Waals surface area contributed by atoms with Crippen LogP contribution in [0.5, 0.6) is 0 Å². The third-order valence-corrected chi connectivity index (χ3v) is 3.68. The highest BCUT2D eigenvalue weighted by Gasteiger charge is 2.20. The Kier molecular flexibility index (Phi) is 3.78. The molecular weight excluding hydrogens is 230 g/mol. The van der Waals surface area contributed by atoms with Crippen molar-refractivity contribution in [2.75, 3.05) is 13.1 Å². The van der Waals surface area contributed by atoms with Gasteiger partial charge in [0.15, 0.2) is 5.78 Å². The molecule has 2 rings (SSSR count). The van der Waals surface area contributed by atoms with Gasteiger partial charge in [0.1, 0.15) is 0 Å². The highest BCUT2D eigenvalue weighted by atomic mass is 35.5. The van der Waals surface area contributed by atoms with E-state index in [4.69, 9.17) is 11.6 Å². The molecule has 1 aliphatic rings. The van der Waals surface area contributed by atoms with Gasteiger partial charge in [-0.2, -0.15) is 0 Å². The first kappa shape index (κ1) is 11.1. The Morgan fingerprint density at radius 1 is 1.53 bits per heavy atom. The molecular formula is C11H14ClNOS. The molecule has 0 saturated heterocycles. The fourth-order valence-corrected chi connectivity index (χ4v) is 2.56. The number of rotatable bonds is 6. The smallest absolute Gasteiger partial charge is 0.151 e. The first-order valence-electron chi connectivity index (χ1n) is 5.20. The van der Waals surface area contributed by atoms with Crippen molar-refractivity contribution in [2.45, 2.75) is 19.3 Å². The molecule has 0 spiro atoms. The average molecular weight is 244 g/mol. The summed E-state index contributed by atoms with van der Waals surface area (Å²) in [7, 11) is 0. The number of hydrogen-bond acceptors (Lipinski definition) is 3. The van der Waals surface area contributed by atoms with Crippen molar-refractivity contribution in [3.8, 4) is 0 Å². The summed E-state index contributed by atoms with van der Waals surface area (Å²) in [5.41, 5.74) is 0. The summed E-state index contributed by atoms with van der Waals surface area (Å²) >= 11 is 7.27. The van der Waals surface area contributed by atoms with E-state index in [2.05, 4.69) is 5.32 Å². The zero-order valence-corrected chi connectivity index (χ0v) is 10.0. The minimum Gasteiger partial charge on any atom is -0.310 e. The number of Topliss-reactive ketones (excluding diaryl/α,β-unsaturated/α-hetero) is 1. The summed E-state index contributed by atoms with van der Waals surface area (Å²) in [5, 5.41) is 3.20. The number of carbonyl (C=O) groups excluding carboxylic acids is 1. The van der Waals surface area contributed by atoms with Crippen molar-refractivity contribution in [2.24, 2.45) is 5.92 Å². The van der Waals surface area contributed by atoms with E-state index in [0.717, 1.165) is 21.7 Å². The Labute approximate surface area is 98.6 Å². The number of thiophene rings is 1. The normalized spacial score (nSPS) is 15.5. The van der Waals surface area contributed by atoms with Crippen LogP contribution in [0.4, 0.5) is 0 Å². The maximum Gasteiger partial charge on any atom is 0.151 e. The molecule has 0 aromatic carbocycles. The van der Waals surface area contributed by atoms with Gasteiger partial charge in [-0.15, -0.1) is 11.3 Å². The molecule has 1 fully saturated rings. The summed E-state index contributed by atoms with van der Waals surface area (Å²) in [6, 6.07) is 3.76. The van der Waals surface area contributed by atoms with Gasteiger partial charge in [-0.3, -0.25) is 4.79 Å². The fraction of sp³-hybridized carbons (Fsp3) is 0.545. The second kappa shape index (κ2) is 5.10. The van der Waals surface area contributed by atoms with E-state index in [1.165, 1.54) is 24.2 Å². The van der Waals surface area contributed by atoms with Gasteiger partial charge in [-0.05, 0) is 37.4 Å². The van der Waals surface area contributed by atoms with E-state index in [1.807, 2.05) is 12.1 Å². The predicted molar refractivity (Wildman–Crippen MR) is 63.6 cm³/mol. The lowest BCUT2D eigenvalue weighted by molar-refractivity contribution is -0.117. The van der Waals surface area contributed by atoms with Crippen LogP contribution < -0.4 is 5.32 Å². The molecule has 0 atom stereocenters. The van der Waals surface area contributed by atoms with Crippen LogP contribution in [0, 0.1) is 5.92 Å². The maximum absolute atomic E-state index is 11.5. The first-order valence-corrected chi connectivity index (χ1v) is 6.40. The lowest BCUT2D eigenvalue weighted by Gasteiger charge is -2.01. The second-order valence-electron chi connectivity index (χ2n) is 4.00. The van der Waals surface area contributed by atoms with Crippen LogP contribution in [-0.4, -0.2) is 18.9 Å². The van der Waals surface area contributed by atoms with Crippen LogP contribution in [0.25, 0.3) is 0 Å². The fourth-order valence-electron chi connectivity index (χ4n) is 1.44. The molecule has 0 radical (unpaired) electrons. The van der Waals surface area contributed by atoms with Crippen LogP contribution in [0.3, 0.4) is 0 Å². The number of carbonyl (C=O) groups is 1. The Hall–Kier alpha value is -0.380. The molecule has 4 heteroatoms. The van der Waals surface area contributed by atoms with Gasteiger partial charge in [0.25, 0.3) is 0 Å². The molecule has 1 aliphatic carbocycles. The van der Waals surface area contributed by atoms with Crippen molar-refractivity contribution in [1.29, 1.82) is 0 Å². The van der Waals surface area contributed by atoms with E-state index in [9.17, 15) is 4.79 Å². The Bertz CT molecular complexity index is 346. The van der Waals surface area contributed by atoms with Crippen molar-refractivity contribution in [1.82, 2.24) is 5.32 Å². The van der Waals surface area contributed by atoms with Gasteiger partial charge in [0.05, 0.1) is 10.9 Å². The molecule has 82 valence electrons. The zero-order chi connectivity index (χ0) is 10.7. The Balaban J connectivity index is 1.67. The van der Waals surface area contributed by atoms with Crippen molar-refractivity contribution in [3.63, 3.8) is 0 Å². The average Bonchev–Trinajstić information content (AvgIpc) is 2.91. The molecule has 0 aliphatic heterocycles. The molecule has 0 amide bonds. The number of nitrogens with one attached hydrogen (secondary N) is 1. The molecule has 1 aromatic rings. The molecule has 1 N–H and O–H groups in total. The van der Waals surface area contributed by atoms with Crippen LogP contribution in [0.2, 0.25) is 4.34 Å². The molecule has 1 saturated carbocycles. The monoisotopic (exact) mass is 243 g/mol. The van der Waals surface area contributed by atoms with Crippen molar-refractivity contribution >= 4 is 28.7 Å². The van der Waals surface area contributed by atoms with Crippen molar-refractivity contribution < 1.29 is 4.79 Å². The van der Waals surface area contributed by atoms with Gasteiger partial charge < -0.3 is 5.32 Å². The van der Waals surface area contributed by atoms with Gasteiger partial charge in [0, 0.05) is 11.3 Å². The first-order chi connectivity index (χ1) is 7.24. The molecule has 15 heavy (non-hydrogen) atoms. The highest BCUT2D eigenvalue weighted by Crippen LogP contribution is 2.27. The highest BCUT2D eigenvalue weighted by molar-refractivity contribution is 7.16. The molecule has 1 heterocycles. The summed E-state index contributed by atoms with van der Waals surface area (Å²) in [4.78, 5) is 12.6. The summed E-state index contributed by atoms with van der Waals surface area (Å²) < 4.78 is 0.753. The van der Waals surface area contributed by atoms with Gasteiger partial charge in [-0.1, -0.05) is 11.6 Å². The summed E-state index contributed by atoms with van der Waals surface area (Å²) in [5.74, 6) is 1.07. The molecule has 0 unspecified atom stereocenters.